The van der Waals surface area contributed by atoms with Crippen LogP contribution in [0.5, 0.6) is 0 Å². The molecule has 0 aliphatic heterocycles. The molecule has 0 unspecified atom stereocenters. The van der Waals surface area contributed by atoms with Gasteiger partial charge in [-0.3, -0.25) is 0 Å². The summed E-state index contributed by atoms with van der Waals surface area (Å²) in [4.78, 5) is 10.4. The van der Waals surface area contributed by atoms with Gasteiger partial charge in [-0.05, 0) is 0 Å². The molecule has 3 heteroatoms. The Balaban J connectivity index is 2.90. The molecule has 0 bridgehead atoms. The maximum absolute atomic E-state index is 10.4. The molecule has 0 fully saturated rings. The summed E-state index contributed by atoms with van der Waals surface area (Å²) >= 11 is 0.629. The average Bonchev–Trinajstić information content (AvgIpc) is 1.87. The number of hydrogen-bond donors (Lipinski definition) is 1. The van der Waals surface area contributed by atoms with Gasteiger partial charge in [0.25, 0.3) is 0 Å². The number of carbonyl (C=O) groups excluding carboxylic acids is 1. The van der Waals surface area contributed by atoms with Crippen LogP contribution in [0.3, 0.4) is 0 Å². The molecule has 0 aliphatic carbocycles. The van der Waals surface area contributed by atoms with Crippen molar-refractivity contribution in [1.82, 2.24) is 5.32 Å². The van der Waals surface area contributed by atoms with E-state index in [0.29, 0.717) is 15.0 Å². The molecule has 0 heterocycles. The van der Waals surface area contributed by atoms with Crippen LogP contribution in [0.1, 0.15) is 6.92 Å². The van der Waals surface area contributed by atoms with Gasteiger partial charge in [0.15, 0.2) is 0 Å². The molecule has 0 radical (unpaired) electrons. The number of allylic oxidation sites excluding steroid dienone is 1. The van der Waals surface area contributed by atoms with E-state index in [1.807, 2.05) is 6.08 Å². The maximum atomic E-state index is 10.4. The molecule has 0 aliphatic rings. The zero-order valence-corrected chi connectivity index (χ0v) is 7.94. The summed E-state index contributed by atoms with van der Waals surface area (Å²) < 4.78 is 0. The second-order valence-corrected chi connectivity index (χ2v) is 4.26. The van der Waals surface area contributed by atoms with E-state index in [-0.39, 0.29) is 5.91 Å². The Kier molecular flexibility index (Phi) is 6.66. The molecule has 0 saturated heterocycles. The predicted molar refractivity (Wildman–Crippen MR) is 44.2 cm³/mol. The van der Waals surface area contributed by atoms with Gasteiger partial charge in [0.2, 0.25) is 0 Å². The van der Waals surface area contributed by atoms with Crippen LogP contribution < -0.4 is 5.32 Å². The monoisotopic (exact) mass is 207 g/mol. The van der Waals surface area contributed by atoms with E-state index in [1.165, 1.54) is 0 Å². The predicted octanol–water partition coefficient (Wildman–Crippen LogP) is 0.849. The fourth-order valence-electron chi connectivity index (χ4n) is 0.466. The first-order valence-electron chi connectivity index (χ1n) is 3.20. The van der Waals surface area contributed by atoms with E-state index in [9.17, 15) is 4.79 Å². The van der Waals surface area contributed by atoms with E-state index < -0.39 is 0 Å². The number of amides is 1. The Hall–Kier alpha value is -0.271. The van der Waals surface area contributed by atoms with E-state index in [4.69, 9.17) is 0 Å². The fraction of sp³-hybridized carbons (Fsp3) is 0.571. The Labute approximate surface area is 68.2 Å². The third-order valence-electron chi connectivity index (χ3n) is 0.856. The van der Waals surface area contributed by atoms with Crippen molar-refractivity contribution in [1.29, 1.82) is 0 Å². The van der Waals surface area contributed by atoms with Crippen LogP contribution >= 0.6 is 0 Å². The topological polar surface area (TPSA) is 29.1 Å². The summed E-state index contributed by atoms with van der Waals surface area (Å²) in [5.74, 6) is 0.0643. The summed E-state index contributed by atoms with van der Waals surface area (Å²) in [5.41, 5.74) is 0. The number of carbonyl (C=O) groups is 1. The van der Waals surface area contributed by atoms with Gasteiger partial charge in [-0.15, -0.1) is 0 Å². The molecule has 0 saturated carbocycles. The third-order valence-corrected chi connectivity index (χ3v) is 2.88. The van der Waals surface area contributed by atoms with Gasteiger partial charge in [-0.25, -0.2) is 0 Å². The molecule has 0 aromatic heterocycles. The molecule has 2 nitrogen and oxygen atoms in total. The van der Waals surface area contributed by atoms with E-state index in [2.05, 4.69) is 11.9 Å². The van der Waals surface area contributed by atoms with Gasteiger partial charge in [0, 0.05) is 0 Å². The van der Waals surface area contributed by atoms with Crippen molar-refractivity contribution in [2.45, 2.75) is 17.6 Å². The minimum atomic E-state index is 0.0643. The quantitative estimate of drug-likeness (QED) is 0.403. The zero-order valence-electron chi connectivity index (χ0n) is 6.22. The summed E-state index contributed by atoms with van der Waals surface area (Å²) in [6.45, 7) is 5.99. The number of hydrogen-bond acceptors (Lipinski definition) is 1. The molecule has 10 heavy (non-hydrogen) atoms. The number of nitrogens with one attached hydrogen (secondary N) is 1. The first-order chi connectivity index (χ1) is 4.77. The molecule has 0 rings (SSSR count). The van der Waals surface area contributed by atoms with E-state index in [1.54, 1.807) is 6.92 Å². The van der Waals surface area contributed by atoms with Gasteiger partial charge in [0.1, 0.15) is 0 Å². The van der Waals surface area contributed by atoms with Crippen molar-refractivity contribution >= 4 is 20.9 Å². The molecule has 0 spiro atoms. The van der Waals surface area contributed by atoms with Crippen LogP contribution in [0.2, 0.25) is 10.6 Å². The van der Waals surface area contributed by atoms with Gasteiger partial charge >= 0.3 is 67.7 Å². The molecular formula is C7H13NOSe. The van der Waals surface area contributed by atoms with Crippen LogP contribution in [0, 0.1) is 0 Å². The van der Waals surface area contributed by atoms with Crippen LogP contribution in [-0.2, 0) is 4.79 Å². The Morgan fingerprint density at radius 1 is 1.80 bits per heavy atom. The molecule has 0 atom stereocenters. The van der Waals surface area contributed by atoms with Crippen LogP contribution in [0.15, 0.2) is 12.7 Å². The SMILES string of the molecule is C=CC[Se]CCNC(C)=O. The molecule has 1 N–H and O–H groups in total. The van der Waals surface area contributed by atoms with Crippen LogP contribution in [-0.4, -0.2) is 27.4 Å². The second-order valence-electron chi connectivity index (χ2n) is 1.85. The Morgan fingerprint density at radius 3 is 3.00 bits per heavy atom. The average molecular weight is 206 g/mol. The minimum absolute atomic E-state index is 0.0643. The van der Waals surface area contributed by atoms with Crippen molar-refractivity contribution in [2.75, 3.05) is 6.54 Å². The van der Waals surface area contributed by atoms with Crippen LogP contribution in [0.25, 0.3) is 0 Å². The molecule has 0 aromatic carbocycles. The summed E-state index contributed by atoms with van der Waals surface area (Å²) in [6.07, 6.45) is 1.92. The Morgan fingerprint density at radius 2 is 2.50 bits per heavy atom. The number of rotatable bonds is 5. The van der Waals surface area contributed by atoms with Gasteiger partial charge < -0.3 is 0 Å². The van der Waals surface area contributed by atoms with Crippen molar-refractivity contribution in [3.05, 3.63) is 12.7 Å². The second kappa shape index (κ2) is 6.84. The summed E-state index contributed by atoms with van der Waals surface area (Å²) in [7, 11) is 0. The Bertz CT molecular complexity index is 114. The van der Waals surface area contributed by atoms with Crippen molar-refractivity contribution in [3.63, 3.8) is 0 Å². The molecule has 58 valence electrons. The van der Waals surface area contributed by atoms with Gasteiger partial charge in [-0.1, -0.05) is 0 Å². The zero-order chi connectivity index (χ0) is 7.82. The molecule has 0 aromatic rings. The van der Waals surface area contributed by atoms with Gasteiger partial charge in [-0.2, -0.15) is 0 Å². The van der Waals surface area contributed by atoms with Gasteiger partial charge in [0.05, 0.1) is 0 Å². The fourth-order valence-corrected chi connectivity index (χ4v) is 1.68. The van der Waals surface area contributed by atoms with Crippen molar-refractivity contribution in [3.8, 4) is 0 Å². The summed E-state index contributed by atoms with van der Waals surface area (Å²) in [6, 6.07) is 0. The third kappa shape index (κ3) is 7.73. The normalized spacial score (nSPS) is 8.90. The van der Waals surface area contributed by atoms with Crippen molar-refractivity contribution < 1.29 is 4.79 Å². The van der Waals surface area contributed by atoms with E-state index >= 15 is 0 Å². The molecule has 1 amide bonds. The first-order valence-corrected chi connectivity index (χ1v) is 5.62. The van der Waals surface area contributed by atoms with Crippen LogP contribution in [0.4, 0.5) is 0 Å². The van der Waals surface area contributed by atoms with Crippen molar-refractivity contribution in [2.24, 2.45) is 0 Å². The first kappa shape index (κ1) is 9.73. The molecular weight excluding hydrogens is 193 g/mol. The standard InChI is InChI=1S/C7H13NOSe/c1-3-5-10-6-4-8-7(2)9/h3H,1,4-6H2,2H3,(H,8,9). The van der Waals surface area contributed by atoms with E-state index in [0.717, 1.165) is 17.2 Å². The summed E-state index contributed by atoms with van der Waals surface area (Å²) in [5, 5.41) is 4.96.